The van der Waals surface area contributed by atoms with Crippen molar-refractivity contribution in [2.24, 2.45) is 5.92 Å². The van der Waals surface area contributed by atoms with E-state index in [0.717, 1.165) is 38.0 Å². The van der Waals surface area contributed by atoms with Crippen molar-refractivity contribution in [2.75, 3.05) is 13.2 Å². The van der Waals surface area contributed by atoms with Gasteiger partial charge in [-0.1, -0.05) is 151 Å². The number of aliphatic hydroxyl groups excluding tert-OH is 3. The summed E-state index contributed by atoms with van der Waals surface area (Å²) in [6.45, 7) is 6.06. The molecule has 47 heavy (non-hydrogen) atoms. The van der Waals surface area contributed by atoms with Crippen LogP contribution in [0.15, 0.2) is 72.9 Å². The topological polar surface area (TPSA) is 113 Å². The first-order chi connectivity index (χ1) is 22.8. The summed E-state index contributed by atoms with van der Waals surface area (Å²) in [6.07, 6.45) is 36.1. The zero-order valence-corrected chi connectivity index (χ0v) is 29.6. The minimum Gasteiger partial charge on any atom is -0.462 e. The van der Waals surface area contributed by atoms with E-state index in [4.69, 9.17) is 9.47 Å². The van der Waals surface area contributed by atoms with Gasteiger partial charge in [-0.25, -0.2) is 0 Å². The van der Waals surface area contributed by atoms with Gasteiger partial charge in [0.25, 0.3) is 0 Å². The summed E-state index contributed by atoms with van der Waals surface area (Å²) < 4.78 is 10.5. The first kappa shape index (κ1) is 44.3. The molecule has 0 aromatic rings. The van der Waals surface area contributed by atoms with Crippen molar-refractivity contribution in [1.29, 1.82) is 0 Å². The average Bonchev–Trinajstić information content (AvgIpc) is 3.04. The average molecular weight is 659 g/mol. The van der Waals surface area contributed by atoms with E-state index in [1.165, 1.54) is 44.9 Å². The molecule has 3 N–H and O–H groups in total. The minimum absolute atomic E-state index is 0.155. The second kappa shape index (κ2) is 33.2. The van der Waals surface area contributed by atoms with Crippen LogP contribution in [0.2, 0.25) is 0 Å². The van der Waals surface area contributed by atoms with E-state index < -0.39 is 30.9 Å². The lowest BCUT2D eigenvalue weighted by molar-refractivity contribution is -0.161. The highest BCUT2D eigenvalue weighted by Gasteiger charge is 2.16. The lowest BCUT2D eigenvalue weighted by atomic mass is 10.0. The number of hydrogen-bond donors (Lipinski definition) is 3. The first-order valence-electron chi connectivity index (χ1n) is 18.1. The SMILES string of the molecule is CC/C=C\C[C@@H](O)/C=C/C=C\C/C=C\C=C\[C@@H](O)/C=C\CCCC(=O)OC[C@H](CO)OC(=O)CCCCCCCCCCCC(C)C. The predicted molar refractivity (Wildman–Crippen MR) is 194 cm³/mol. The Morgan fingerprint density at radius 1 is 0.681 bits per heavy atom. The number of rotatable bonds is 30. The molecule has 268 valence electrons. The molecule has 0 aliphatic rings. The third-order valence-corrected chi connectivity index (χ3v) is 7.37. The number of ether oxygens (including phenoxy) is 2. The summed E-state index contributed by atoms with van der Waals surface area (Å²) in [7, 11) is 0. The van der Waals surface area contributed by atoms with Crippen LogP contribution in [-0.4, -0.2) is 58.8 Å². The highest BCUT2D eigenvalue weighted by Crippen LogP contribution is 2.14. The van der Waals surface area contributed by atoms with Gasteiger partial charge in [-0.05, 0) is 44.4 Å². The third-order valence-electron chi connectivity index (χ3n) is 7.37. The van der Waals surface area contributed by atoms with Gasteiger partial charge in [-0.3, -0.25) is 9.59 Å². The molecule has 0 spiro atoms. The van der Waals surface area contributed by atoms with Crippen molar-refractivity contribution in [1.82, 2.24) is 0 Å². The molecular formula is C40H66O7. The Labute approximate surface area is 286 Å². The summed E-state index contributed by atoms with van der Waals surface area (Å²) in [4.78, 5) is 24.2. The molecule has 0 radical (unpaired) electrons. The Hall–Kier alpha value is -2.74. The van der Waals surface area contributed by atoms with E-state index in [9.17, 15) is 24.9 Å². The smallest absolute Gasteiger partial charge is 0.306 e. The molecule has 0 saturated carbocycles. The number of carbonyl (C=O) groups is 2. The zero-order chi connectivity index (χ0) is 34.8. The Bertz CT molecular complexity index is 929. The maximum atomic E-state index is 12.1. The first-order valence-corrected chi connectivity index (χ1v) is 18.1. The van der Waals surface area contributed by atoms with Gasteiger partial charge in [0.1, 0.15) is 6.61 Å². The van der Waals surface area contributed by atoms with Gasteiger partial charge in [0.2, 0.25) is 0 Å². The third kappa shape index (κ3) is 33.0. The van der Waals surface area contributed by atoms with Crippen LogP contribution >= 0.6 is 0 Å². The molecule has 0 fully saturated rings. The Morgan fingerprint density at radius 3 is 1.94 bits per heavy atom. The second-order valence-corrected chi connectivity index (χ2v) is 12.4. The van der Waals surface area contributed by atoms with E-state index in [2.05, 4.69) is 20.8 Å². The molecule has 0 rings (SSSR count). The largest absolute Gasteiger partial charge is 0.462 e. The van der Waals surface area contributed by atoms with E-state index in [1.54, 1.807) is 24.3 Å². The molecule has 0 bridgehead atoms. The lowest BCUT2D eigenvalue weighted by Crippen LogP contribution is -2.28. The van der Waals surface area contributed by atoms with Crippen molar-refractivity contribution in [3.05, 3.63) is 72.9 Å². The van der Waals surface area contributed by atoms with E-state index in [0.29, 0.717) is 25.7 Å². The maximum absolute atomic E-state index is 12.1. The lowest BCUT2D eigenvalue weighted by Gasteiger charge is -2.15. The molecule has 0 unspecified atom stereocenters. The molecule has 0 aliphatic carbocycles. The molecule has 0 amide bonds. The van der Waals surface area contributed by atoms with Gasteiger partial charge < -0.3 is 24.8 Å². The molecule has 7 nitrogen and oxygen atoms in total. The molecule has 7 heteroatoms. The molecule has 3 atom stereocenters. The van der Waals surface area contributed by atoms with Crippen LogP contribution in [0.3, 0.4) is 0 Å². The maximum Gasteiger partial charge on any atom is 0.306 e. The van der Waals surface area contributed by atoms with Crippen LogP contribution in [0.4, 0.5) is 0 Å². The standard InChI is InChI=1S/C40H66O7/c1-4-5-19-27-36(42)28-21-15-11-9-12-16-22-29-37(43)30-23-18-25-31-39(44)46-34-38(33-41)47-40(45)32-24-17-13-8-6-7-10-14-20-26-35(2)3/h5,11-12,15-16,19,21-23,28-30,35-38,41-43H,4,6-10,13-14,17-18,20,24-27,31-34H2,1-3H3/b15-11-,16-12-,19-5-,28-21+,29-22+,30-23-/t36-,37-,38+/m1/s1. The number of esters is 2. The Morgan fingerprint density at radius 2 is 1.30 bits per heavy atom. The van der Waals surface area contributed by atoms with Crippen LogP contribution in [0, 0.1) is 5.92 Å². The van der Waals surface area contributed by atoms with Crippen LogP contribution < -0.4 is 0 Å². The molecule has 0 aliphatic heterocycles. The molecule has 0 aromatic heterocycles. The van der Waals surface area contributed by atoms with E-state index in [1.807, 2.05) is 48.6 Å². The molecular weight excluding hydrogens is 592 g/mol. The van der Waals surface area contributed by atoms with E-state index >= 15 is 0 Å². The summed E-state index contributed by atoms with van der Waals surface area (Å²) in [5.41, 5.74) is 0. The van der Waals surface area contributed by atoms with Crippen molar-refractivity contribution in [2.45, 2.75) is 148 Å². The quantitative estimate of drug-likeness (QED) is 0.0306. The Kier molecular flexibility index (Phi) is 31.2. The summed E-state index contributed by atoms with van der Waals surface area (Å²) in [5, 5.41) is 29.3. The Balaban J connectivity index is 3.91. The van der Waals surface area contributed by atoms with Gasteiger partial charge in [-0.2, -0.15) is 0 Å². The van der Waals surface area contributed by atoms with Crippen LogP contribution in [0.1, 0.15) is 130 Å². The van der Waals surface area contributed by atoms with Gasteiger partial charge >= 0.3 is 11.9 Å². The van der Waals surface area contributed by atoms with Crippen molar-refractivity contribution in [3.63, 3.8) is 0 Å². The fraction of sp³-hybridized carbons (Fsp3) is 0.650. The zero-order valence-electron chi connectivity index (χ0n) is 29.6. The van der Waals surface area contributed by atoms with Crippen molar-refractivity contribution >= 4 is 11.9 Å². The second-order valence-electron chi connectivity index (χ2n) is 12.4. The normalized spacial score (nSPS) is 14.5. The summed E-state index contributed by atoms with van der Waals surface area (Å²) in [5.74, 6) is 0.0158. The number of unbranched alkanes of at least 4 members (excludes halogenated alkanes) is 9. The monoisotopic (exact) mass is 658 g/mol. The summed E-state index contributed by atoms with van der Waals surface area (Å²) in [6, 6.07) is 0. The fourth-order valence-corrected chi connectivity index (χ4v) is 4.59. The van der Waals surface area contributed by atoms with Gasteiger partial charge in [0, 0.05) is 12.8 Å². The fourth-order valence-electron chi connectivity index (χ4n) is 4.59. The summed E-state index contributed by atoms with van der Waals surface area (Å²) >= 11 is 0. The van der Waals surface area contributed by atoms with Crippen LogP contribution in [-0.2, 0) is 19.1 Å². The van der Waals surface area contributed by atoms with Crippen molar-refractivity contribution < 1.29 is 34.4 Å². The van der Waals surface area contributed by atoms with Crippen LogP contribution in [0.25, 0.3) is 0 Å². The highest BCUT2D eigenvalue weighted by molar-refractivity contribution is 5.70. The van der Waals surface area contributed by atoms with Crippen LogP contribution in [0.5, 0.6) is 0 Å². The van der Waals surface area contributed by atoms with Gasteiger partial charge in [0.15, 0.2) is 6.10 Å². The molecule has 0 heterocycles. The molecule has 0 saturated heterocycles. The number of hydrogen-bond acceptors (Lipinski definition) is 7. The molecule has 0 aromatic carbocycles. The van der Waals surface area contributed by atoms with Gasteiger partial charge in [0.05, 0.1) is 18.8 Å². The minimum atomic E-state index is -0.845. The van der Waals surface area contributed by atoms with Gasteiger partial charge in [-0.15, -0.1) is 0 Å². The number of aliphatic hydroxyl groups is 3. The predicted octanol–water partition coefficient (Wildman–Crippen LogP) is 8.80. The van der Waals surface area contributed by atoms with Crippen molar-refractivity contribution in [3.8, 4) is 0 Å². The number of carbonyl (C=O) groups excluding carboxylic acids is 2. The number of allylic oxidation sites excluding steroid dienone is 8. The van der Waals surface area contributed by atoms with E-state index in [-0.39, 0.29) is 19.0 Å². The highest BCUT2D eigenvalue weighted by atomic mass is 16.6.